The van der Waals surface area contributed by atoms with Crippen LogP contribution in [0, 0.1) is 10.1 Å². The molecule has 1 aromatic carbocycles. The third kappa shape index (κ3) is 6.58. The van der Waals surface area contributed by atoms with E-state index in [4.69, 9.17) is 14.2 Å². The van der Waals surface area contributed by atoms with Crippen LogP contribution in [0.4, 0.5) is 5.69 Å². The summed E-state index contributed by atoms with van der Waals surface area (Å²) in [5.74, 6) is -2.58. The molecule has 9 heteroatoms. The van der Waals surface area contributed by atoms with E-state index in [0.29, 0.717) is 0 Å². The Morgan fingerprint density at radius 2 is 1.56 bits per heavy atom. The number of hydrogen-bond donors (Lipinski definition) is 0. The lowest BCUT2D eigenvalue weighted by atomic mass is 10.1. The third-order valence-electron chi connectivity index (χ3n) is 2.62. The Hall–Kier alpha value is -2.97. The van der Waals surface area contributed by atoms with E-state index in [1.165, 1.54) is 0 Å². The zero-order valence-electron chi connectivity index (χ0n) is 14.4. The average molecular weight is 353 g/mol. The van der Waals surface area contributed by atoms with Crippen molar-refractivity contribution in [3.8, 4) is 0 Å². The summed E-state index contributed by atoms with van der Waals surface area (Å²) in [6.07, 6.45) is 0. The molecule has 0 aliphatic heterocycles. The second-order valence-electron chi connectivity index (χ2n) is 5.91. The maximum Gasteiger partial charge on any atom is 0.344 e. The van der Waals surface area contributed by atoms with Gasteiger partial charge in [0.25, 0.3) is 5.69 Å². The number of non-ortho nitro benzene ring substituents is 1. The first-order valence-electron chi connectivity index (χ1n) is 7.39. The zero-order valence-corrected chi connectivity index (χ0v) is 14.4. The first-order chi connectivity index (χ1) is 11.5. The standard InChI is InChI=1S/C16H19NO8/c1-5-23-14(19)10-6-11(8-12(7-10)17(21)22)15(20)24-9-13(18)25-16(2,3)4/h6-8H,5,9H2,1-4H3. The number of nitro groups is 1. The zero-order chi connectivity index (χ0) is 19.2. The molecule has 0 radical (unpaired) electrons. The number of nitro benzene ring substituents is 1. The number of carbonyl (C=O) groups excluding carboxylic acids is 3. The number of nitrogens with zero attached hydrogens (tertiary/aromatic N) is 1. The molecule has 0 saturated carbocycles. The highest BCUT2D eigenvalue weighted by molar-refractivity contribution is 5.97. The molecule has 0 bridgehead atoms. The van der Waals surface area contributed by atoms with Gasteiger partial charge >= 0.3 is 17.9 Å². The fourth-order valence-electron chi connectivity index (χ4n) is 1.75. The van der Waals surface area contributed by atoms with Crippen molar-refractivity contribution < 1.29 is 33.5 Å². The molecule has 25 heavy (non-hydrogen) atoms. The fraction of sp³-hybridized carbons (Fsp3) is 0.438. The van der Waals surface area contributed by atoms with Crippen molar-refractivity contribution >= 4 is 23.6 Å². The minimum Gasteiger partial charge on any atom is -0.462 e. The molecule has 0 amide bonds. The SMILES string of the molecule is CCOC(=O)c1cc(C(=O)OCC(=O)OC(C)(C)C)cc([N+](=O)[O-])c1. The Bertz CT molecular complexity index is 690. The van der Waals surface area contributed by atoms with Crippen LogP contribution in [-0.2, 0) is 19.0 Å². The van der Waals surface area contributed by atoms with Gasteiger partial charge in [-0.3, -0.25) is 10.1 Å². The quantitative estimate of drug-likeness (QED) is 0.330. The average Bonchev–Trinajstić information content (AvgIpc) is 2.50. The molecule has 0 N–H and O–H groups in total. The molecular formula is C16H19NO8. The highest BCUT2D eigenvalue weighted by atomic mass is 16.6. The van der Waals surface area contributed by atoms with Crippen LogP contribution in [0.2, 0.25) is 0 Å². The van der Waals surface area contributed by atoms with Crippen LogP contribution in [-0.4, -0.2) is 41.6 Å². The lowest BCUT2D eigenvalue weighted by Gasteiger charge is -2.19. The van der Waals surface area contributed by atoms with Crippen molar-refractivity contribution in [2.24, 2.45) is 0 Å². The summed E-state index contributed by atoms with van der Waals surface area (Å²) in [5, 5.41) is 11.0. The minimum atomic E-state index is -1.000. The fourth-order valence-corrected chi connectivity index (χ4v) is 1.75. The lowest BCUT2D eigenvalue weighted by molar-refractivity contribution is -0.384. The normalized spacial score (nSPS) is 10.7. The van der Waals surface area contributed by atoms with Gasteiger partial charge in [-0.2, -0.15) is 0 Å². The van der Waals surface area contributed by atoms with Crippen LogP contribution in [0.1, 0.15) is 48.4 Å². The second kappa shape index (κ2) is 8.22. The van der Waals surface area contributed by atoms with Gasteiger partial charge in [0.05, 0.1) is 22.7 Å². The molecule has 0 fully saturated rings. The smallest absolute Gasteiger partial charge is 0.344 e. The van der Waals surface area contributed by atoms with E-state index in [0.717, 1.165) is 18.2 Å². The summed E-state index contributed by atoms with van der Waals surface area (Å²) in [6.45, 7) is 5.94. The maximum absolute atomic E-state index is 12.0. The van der Waals surface area contributed by atoms with Crippen LogP contribution >= 0.6 is 0 Å². The monoisotopic (exact) mass is 353 g/mol. The van der Waals surface area contributed by atoms with Crippen molar-refractivity contribution in [3.63, 3.8) is 0 Å². The Morgan fingerprint density at radius 3 is 2.00 bits per heavy atom. The molecular weight excluding hydrogens is 334 g/mol. The van der Waals surface area contributed by atoms with Gasteiger partial charge in [0.1, 0.15) is 5.60 Å². The topological polar surface area (TPSA) is 122 Å². The highest BCUT2D eigenvalue weighted by Crippen LogP contribution is 2.19. The molecule has 0 spiro atoms. The minimum absolute atomic E-state index is 0.0694. The molecule has 0 unspecified atom stereocenters. The Kier molecular flexibility index (Phi) is 6.60. The van der Waals surface area contributed by atoms with Crippen molar-refractivity contribution in [2.75, 3.05) is 13.2 Å². The van der Waals surface area contributed by atoms with Gasteiger partial charge in [0, 0.05) is 12.1 Å². The van der Waals surface area contributed by atoms with Gasteiger partial charge in [0.15, 0.2) is 6.61 Å². The van der Waals surface area contributed by atoms with E-state index in [1.54, 1.807) is 27.7 Å². The summed E-state index contributed by atoms with van der Waals surface area (Å²) >= 11 is 0. The van der Waals surface area contributed by atoms with Crippen LogP contribution in [0.5, 0.6) is 0 Å². The summed E-state index contributed by atoms with van der Waals surface area (Å²) in [7, 11) is 0. The second-order valence-corrected chi connectivity index (χ2v) is 5.91. The van der Waals surface area contributed by atoms with Gasteiger partial charge in [-0.15, -0.1) is 0 Å². The van der Waals surface area contributed by atoms with Crippen molar-refractivity contribution in [1.82, 2.24) is 0 Å². The number of benzene rings is 1. The Morgan fingerprint density at radius 1 is 1.04 bits per heavy atom. The predicted octanol–water partition coefficient (Wildman–Crippen LogP) is 2.27. The largest absolute Gasteiger partial charge is 0.462 e. The van der Waals surface area contributed by atoms with Gasteiger partial charge in [-0.25, -0.2) is 14.4 Å². The van der Waals surface area contributed by atoms with E-state index >= 15 is 0 Å². The van der Waals surface area contributed by atoms with E-state index in [9.17, 15) is 24.5 Å². The van der Waals surface area contributed by atoms with Crippen LogP contribution in [0.15, 0.2) is 18.2 Å². The predicted molar refractivity (Wildman–Crippen MR) is 85.2 cm³/mol. The van der Waals surface area contributed by atoms with E-state index < -0.39 is 40.7 Å². The molecule has 136 valence electrons. The van der Waals surface area contributed by atoms with E-state index in [2.05, 4.69) is 0 Å². The van der Waals surface area contributed by atoms with Crippen molar-refractivity contribution in [2.45, 2.75) is 33.3 Å². The summed E-state index contributed by atoms with van der Waals surface area (Å²) in [5.41, 5.74) is -1.64. The maximum atomic E-state index is 12.0. The molecule has 0 atom stereocenters. The molecule has 0 aromatic heterocycles. The van der Waals surface area contributed by atoms with Crippen LogP contribution in [0.25, 0.3) is 0 Å². The van der Waals surface area contributed by atoms with Crippen LogP contribution in [0.3, 0.4) is 0 Å². The molecule has 0 aliphatic carbocycles. The summed E-state index contributed by atoms with van der Waals surface area (Å²) < 4.78 is 14.5. The first kappa shape index (κ1) is 20.1. The number of esters is 3. The van der Waals surface area contributed by atoms with E-state index in [1.807, 2.05) is 0 Å². The molecule has 9 nitrogen and oxygen atoms in total. The molecule has 1 aromatic rings. The number of hydrogen-bond acceptors (Lipinski definition) is 8. The Labute approximate surface area is 144 Å². The summed E-state index contributed by atoms with van der Waals surface area (Å²) in [6, 6.07) is 3.03. The van der Waals surface area contributed by atoms with Crippen LogP contribution < -0.4 is 0 Å². The first-order valence-corrected chi connectivity index (χ1v) is 7.39. The highest BCUT2D eigenvalue weighted by Gasteiger charge is 2.21. The molecule has 0 saturated heterocycles. The number of ether oxygens (including phenoxy) is 3. The Balaban J connectivity index is 2.95. The summed E-state index contributed by atoms with van der Waals surface area (Å²) in [4.78, 5) is 45.5. The molecule has 0 aliphatic rings. The third-order valence-corrected chi connectivity index (χ3v) is 2.62. The molecule has 1 rings (SSSR count). The van der Waals surface area contributed by atoms with Gasteiger partial charge in [0.2, 0.25) is 0 Å². The van der Waals surface area contributed by atoms with Crippen molar-refractivity contribution in [3.05, 3.63) is 39.4 Å². The van der Waals surface area contributed by atoms with Gasteiger partial charge < -0.3 is 14.2 Å². The van der Waals surface area contributed by atoms with Gasteiger partial charge in [-0.05, 0) is 33.8 Å². The lowest BCUT2D eigenvalue weighted by Crippen LogP contribution is -2.27. The van der Waals surface area contributed by atoms with Gasteiger partial charge in [-0.1, -0.05) is 0 Å². The number of rotatable bonds is 6. The van der Waals surface area contributed by atoms with Crippen molar-refractivity contribution in [1.29, 1.82) is 0 Å². The van der Waals surface area contributed by atoms with E-state index in [-0.39, 0.29) is 17.7 Å². The number of carbonyl (C=O) groups is 3. The molecule has 0 heterocycles.